The zero-order valence-corrected chi connectivity index (χ0v) is 69.1. The molecule has 12 atom stereocenters. The second kappa shape index (κ2) is 40.8. The third kappa shape index (κ3) is 30.3. The van der Waals surface area contributed by atoms with Crippen LogP contribution >= 0.6 is 0 Å². The van der Waals surface area contributed by atoms with Crippen LogP contribution in [-0.4, -0.2) is 263 Å². The fourth-order valence-corrected chi connectivity index (χ4v) is 11.1. The summed E-state index contributed by atoms with van der Waals surface area (Å²) in [5.41, 5.74) is 7.63. The average Bonchev–Trinajstić information content (AvgIpc) is 1.71. The molecule has 0 saturated carbocycles. The standard InChI is InChI=1S/C20H30O4.C15H16O7.C15H20O4.C14H14O6.C13H16O4.C12H14O4/c1-19(2,3)15-7-18(24-12-14-10-22-14)16(20(4,5)6)8-17(15)23-11-13-9-21-13;1-18-11-3-9(14(16)21-7-12-5-19-12)2-10(4-11)15(17)22-8-13-6-20-13;1-9-4-14(18-7-12-5-16-12)10(2)11(3)15(9)19-8-13-6-17-13;15-13(19-7-9-5-17-9)11-3-1-2-4-12(11)14(16)20-8-10-6-18-10;1-9-4-10(14-5-11-6-15-11)2-3-13(9)17-8-12-7-16-12;1-2-10(14-6-12-8-16-12)4-3-9(1)13-5-11-7-15-11/h7-8,13-14H,9-12H2,1-6H3;2-4,12-13H,5-8H2,1H3;4,12-13H,5-8H2,1-3H3;1-4,9-10H,5-8H2;2-4,11-12H,5-8H2,1H3;1-4,11-12H,5-8H2. The van der Waals surface area contributed by atoms with E-state index in [4.69, 9.17) is 118 Å². The van der Waals surface area contributed by atoms with Crippen LogP contribution in [0.3, 0.4) is 0 Å². The van der Waals surface area contributed by atoms with Crippen LogP contribution in [0, 0.1) is 27.7 Å². The molecule has 12 heterocycles. The van der Waals surface area contributed by atoms with Gasteiger partial charge in [0, 0.05) is 11.1 Å². The average molecular weight is 1640 g/mol. The van der Waals surface area contributed by atoms with Crippen molar-refractivity contribution in [1.29, 1.82) is 0 Å². The zero-order chi connectivity index (χ0) is 82.9. The molecule has 0 amide bonds. The first kappa shape index (κ1) is 86.8. The highest BCUT2D eigenvalue weighted by Crippen LogP contribution is 2.43. The van der Waals surface area contributed by atoms with Gasteiger partial charge in [0.15, 0.2) is 0 Å². The monoisotopic (exact) mass is 1640 g/mol. The lowest BCUT2D eigenvalue weighted by molar-refractivity contribution is 0.0430. The van der Waals surface area contributed by atoms with Gasteiger partial charge < -0.3 is 118 Å². The van der Waals surface area contributed by atoms with E-state index in [0.29, 0.717) is 103 Å². The fraction of sp³-hybridized carbons (Fsp3) is 0.551. The minimum Gasteiger partial charge on any atom is -0.497 e. The first-order valence-corrected chi connectivity index (χ1v) is 40.3. The van der Waals surface area contributed by atoms with Crippen LogP contribution in [-0.2, 0) is 86.6 Å². The Morgan fingerprint density at radius 1 is 0.297 bits per heavy atom. The van der Waals surface area contributed by atoms with E-state index in [2.05, 4.69) is 74.4 Å². The van der Waals surface area contributed by atoms with E-state index < -0.39 is 23.9 Å². The van der Waals surface area contributed by atoms with E-state index in [9.17, 15) is 19.2 Å². The second-order valence-electron chi connectivity index (χ2n) is 32.4. The van der Waals surface area contributed by atoms with E-state index in [0.717, 1.165) is 121 Å². The van der Waals surface area contributed by atoms with E-state index in [1.54, 1.807) is 24.3 Å². The number of epoxide rings is 12. The van der Waals surface area contributed by atoms with Gasteiger partial charge in [-0.25, -0.2) is 19.2 Å². The number of carbonyl (C=O) groups excluding carboxylic acids is 4. The number of hydrogen-bond acceptors (Lipinski definition) is 29. The summed E-state index contributed by atoms with van der Waals surface area (Å²) >= 11 is 0. The van der Waals surface area contributed by atoms with Crippen LogP contribution in [0.1, 0.15) is 116 Å². The molecule has 118 heavy (non-hydrogen) atoms. The molecule has 12 aliphatic rings. The molecule has 640 valence electrons. The topological polar surface area (TPSA) is 339 Å². The second-order valence-corrected chi connectivity index (χ2v) is 32.4. The molecule has 12 fully saturated rings. The van der Waals surface area contributed by atoms with Crippen molar-refractivity contribution in [3.05, 3.63) is 159 Å². The summed E-state index contributed by atoms with van der Waals surface area (Å²) in [5.74, 6) is 5.47. The van der Waals surface area contributed by atoms with Gasteiger partial charge in [-0.15, -0.1) is 0 Å². The number of ether oxygens (including phenoxy) is 25. The van der Waals surface area contributed by atoms with Gasteiger partial charge in [0.05, 0.1) is 109 Å². The Balaban J connectivity index is 0.000000123. The molecule has 0 radical (unpaired) electrons. The van der Waals surface area contributed by atoms with Crippen LogP contribution in [0.25, 0.3) is 0 Å². The number of rotatable bonds is 37. The SMILES string of the molecule is CC(C)(C)c1cc(OCC2CO2)c(C(C)(C)C)cc1OCC1CO1.COc1cc(C(=O)OCC2CO2)cc(C(=O)OCC2CO2)c1.Cc1cc(OCC2CO2)c(C)c(C)c1OCC1CO1.Cc1cc(OCC2CO2)ccc1OCC1CO1.O=C(OCC1CO1)c1ccccc1C(=O)OCC1CO1.c1cc(OCC2CO2)ccc1OCC1CO1. The molecule has 12 unspecified atom stereocenters. The molecule has 18 rings (SSSR count). The Labute approximate surface area is 688 Å². The summed E-state index contributed by atoms with van der Waals surface area (Å²) < 4.78 is 133. The van der Waals surface area contributed by atoms with Gasteiger partial charge in [-0.05, 0) is 152 Å². The largest absolute Gasteiger partial charge is 0.497 e. The van der Waals surface area contributed by atoms with Crippen molar-refractivity contribution in [3.63, 3.8) is 0 Å². The molecule has 12 aliphatic heterocycles. The van der Waals surface area contributed by atoms with Crippen LogP contribution < -0.4 is 42.6 Å². The highest BCUT2D eigenvalue weighted by atomic mass is 16.7. The van der Waals surface area contributed by atoms with Crippen molar-refractivity contribution in [3.8, 4) is 51.7 Å². The molecule has 29 heteroatoms. The lowest BCUT2D eigenvalue weighted by atomic mass is 9.81. The van der Waals surface area contributed by atoms with Crippen LogP contribution in [0.4, 0.5) is 0 Å². The van der Waals surface area contributed by atoms with Gasteiger partial charge in [0.2, 0.25) is 0 Å². The molecule has 6 aromatic carbocycles. The third-order valence-corrected chi connectivity index (χ3v) is 19.5. The van der Waals surface area contributed by atoms with Gasteiger partial charge in [0.25, 0.3) is 0 Å². The highest BCUT2D eigenvalue weighted by Gasteiger charge is 2.35. The van der Waals surface area contributed by atoms with Crippen LogP contribution in [0.15, 0.2) is 103 Å². The van der Waals surface area contributed by atoms with Gasteiger partial charge in [-0.3, -0.25) is 0 Å². The van der Waals surface area contributed by atoms with Gasteiger partial charge >= 0.3 is 23.9 Å². The number of esters is 4. The molecule has 0 N–H and O–H groups in total. The van der Waals surface area contributed by atoms with Gasteiger partial charge in [0.1, 0.15) is 204 Å². The lowest BCUT2D eigenvalue weighted by Gasteiger charge is -2.29. The first-order chi connectivity index (χ1) is 56.9. The quantitative estimate of drug-likeness (QED) is 0.0199. The molecular formula is C89H110O29. The van der Waals surface area contributed by atoms with Crippen molar-refractivity contribution in [1.82, 2.24) is 0 Å². The molecule has 29 nitrogen and oxygen atoms in total. The number of carbonyl (C=O) groups is 4. The van der Waals surface area contributed by atoms with Crippen LogP contribution in [0.2, 0.25) is 0 Å². The highest BCUT2D eigenvalue weighted by molar-refractivity contribution is 6.03. The Bertz CT molecular complexity index is 4110. The summed E-state index contributed by atoms with van der Waals surface area (Å²) in [7, 11) is 1.45. The summed E-state index contributed by atoms with van der Waals surface area (Å²) in [4.78, 5) is 47.9. The molecule has 0 aliphatic carbocycles. The Morgan fingerprint density at radius 3 is 0.924 bits per heavy atom. The maximum absolute atomic E-state index is 12.0. The maximum Gasteiger partial charge on any atom is 0.339 e. The number of hydrogen-bond donors (Lipinski definition) is 0. The fourth-order valence-electron chi connectivity index (χ4n) is 11.1. The number of benzene rings is 6. The Kier molecular flexibility index (Phi) is 30.0. The number of aryl methyl sites for hydroxylation is 2. The third-order valence-electron chi connectivity index (χ3n) is 19.5. The van der Waals surface area contributed by atoms with Gasteiger partial charge in [-0.2, -0.15) is 0 Å². The number of methoxy groups -OCH3 is 1. The normalized spacial score (nSPS) is 23.8. The summed E-state index contributed by atoms with van der Waals surface area (Å²) in [5, 5.41) is 0. The van der Waals surface area contributed by atoms with Gasteiger partial charge in [-0.1, -0.05) is 53.7 Å². The van der Waals surface area contributed by atoms with E-state index in [1.165, 1.54) is 36.4 Å². The Hall–Kier alpha value is -9.08. The molecular weight excluding hydrogens is 1530 g/mol. The smallest absolute Gasteiger partial charge is 0.339 e. The van der Waals surface area contributed by atoms with E-state index >= 15 is 0 Å². The summed E-state index contributed by atoms with van der Waals surface area (Å²) in [6.07, 6.45) is 2.18. The van der Waals surface area contributed by atoms with E-state index in [1.807, 2.05) is 55.5 Å². The van der Waals surface area contributed by atoms with Crippen molar-refractivity contribution in [2.24, 2.45) is 0 Å². The van der Waals surface area contributed by atoms with Crippen molar-refractivity contribution < 1.29 is 138 Å². The molecule has 0 spiro atoms. The minimum atomic E-state index is -0.546. The summed E-state index contributed by atoms with van der Waals surface area (Å²) in [6, 6.07) is 30.7. The predicted octanol–water partition coefficient (Wildman–Crippen LogP) is 10.4. The minimum absolute atomic E-state index is 0.00919. The maximum atomic E-state index is 12.0. The predicted molar refractivity (Wildman–Crippen MR) is 424 cm³/mol. The zero-order valence-electron chi connectivity index (χ0n) is 69.1. The van der Waals surface area contributed by atoms with Crippen molar-refractivity contribution in [2.45, 2.75) is 153 Å². The summed E-state index contributed by atoms with van der Waals surface area (Å²) in [6.45, 7) is 36.2. The van der Waals surface area contributed by atoms with Crippen LogP contribution in [0.5, 0.6) is 51.7 Å². The first-order valence-electron chi connectivity index (χ1n) is 40.3. The molecule has 0 bridgehead atoms. The Morgan fingerprint density at radius 2 is 0.593 bits per heavy atom. The lowest BCUT2D eigenvalue weighted by Crippen LogP contribution is -2.20. The van der Waals surface area contributed by atoms with Crippen molar-refractivity contribution in [2.75, 3.05) is 166 Å². The molecule has 12 saturated heterocycles. The van der Waals surface area contributed by atoms with Crippen molar-refractivity contribution >= 4 is 23.9 Å². The molecule has 6 aromatic rings. The molecule has 0 aromatic heterocycles. The van der Waals surface area contributed by atoms with E-state index in [-0.39, 0.29) is 114 Å².